The summed E-state index contributed by atoms with van der Waals surface area (Å²) in [6, 6.07) is 0. The van der Waals surface area contributed by atoms with Gasteiger partial charge < -0.3 is 4.74 Å². The first-order valence-corrected chi connectivity index (χ1v) is 4.94. The number of hydrogen-bond donors (Lipinski definition) is 0. The van der Waals surface area contributed by atoms with Crippen molar-refractivity contribution in [2.75, 3.05) is 13.2 Å². The second kappa shape index (κ2) is 6.30. The fraction of sp³-hybridized carbons (Fsp3) is 1.00. The third kappa shape index (κ3) is 6.94. The Hall–Kier alpha value is -0.180. The highest BCUT2D eigenvalue weighted by Crippen LogP contribution is 2.23. The summed E-state index contributed by atoms with van der Waals surface area (Å²) in [7, 11) is 0. The molecule has 0 bridgehead atoms. The van der Waals surface area contributed by atoms with Crippen LogP contribution in [0.4, 0.5) is 8.78 Å². The van der Waals surface area contributed by atoms with Gasteiger partial charge in [0.1, 0.15) is 0 Å². The zero-order valence-corrected chi connectivity index (χ0v) is 8.78. The van der Waals surface area contributed by atoms with Gasteiger partial charge in [0.2, 0.25) is 5.92 Å². The minimum Gasteiger partial charge on any atom is -0.381 e. The smallest absolute Gasteiger partial charge is 0.250 e. The molecule has 0 radical (unpaired) electrons. The molecule has 1 nitrogen and oxygen atoms in total. The van der Waals surface area contributed by atoms with E-state index in [0.29, 0.717) is 6.61 Å². The summed E-state index contributed by atoms with van der Waals surface area (Å²) in [6.07, 6.45) is 3.21. The van der Waals surface area contributed by atoms with Crippen molar-refractivity contribution in [2.24, 2.45) is 5.92 Å². The monoisotopic (exact) mass is 194 g/mol. The first kappa shape index (κ1) is 12.8. The van der Waals surface area contributed by atoms with E-state index in [0.717, 1.165) is 26.2 Å². The fourth-order valence-corrected chi connectivity index (χ4v) is 0.861. The highest BCUT2D eigenvalue weighted by atomic mass is 19.3. The Morgan fingerprint density at radius 2 is 1.92 bits per heavy atom. The van der Waals surface area contributed by atoms with Gasteiger partial charge in [-0.05, 0) is 13.3 Å². The van der Waals surface area contributed by atoms with Gasteiger partial charge in [-0.15, -0.1) is 0 Å². The van der Waals surface area contributed by atoms with Crippen LogP contribution in [0.25, 0.3) is 0 Å². The summed E-state index contributed by atoms with van der Waals surface area (Å²) in [5.41, 5.74) is 0. The van der Waals surface area contributed by atoms with Gasteiger partial charge >= 0.3 is 0 Å². The Morgan fingerprint density at radius 3 is 2.38 bits per heavy atom. The van der Waals surface area contributed by atoms with E-state index < -0.39 is 11.8 Å². The van der Waals surface area contributed by atoms with Gasteiger partial charge in [0, 0.05) is 12.5 Å². The Bertz CT molecular complexity index is 121. The van der Waals surface area contributed by atoms with Crippen molar-refractivity contribution in [3.8, 4) is 0 Å². The van der Waals surface area contributed by atoms with Crippen LogP contribution in [0.5, 0.6) is 0 Å². The lowest BCUT2D eigenvalue weighted by Gasteiger charge is -2.18. The molecular formula is C10H20F2O. The van der Waals surface area contributed by atoms with E-state index in [1.54, 1.807) is 0 Å². The number of rotatable bonds is 7. The molecule has 1 unspecified atom stereocenters. The first-order valence-electron chi connectivity index (χ1n) is 4.94. The molecule has 0 saturated heterocycles. The topological polar surface area (TPSA) is 9.23 Å². The van der Waals surface area contributed by atoms with Gasteiger partial charge in [0.25, 0.3) is 0 Å². The van der Waals surface area contributed by atoms with Crippen molar-refractivity contribution in [1.82, 2.24) is 0 Å². The average molecular weight is 194 g/mol. The van der Waals surface area contributed by atoms with Crippen molar-refractivity contribution in [3.05, 3.63) is 0 Å². The molecule has 0 aromatic heterocycles. The molecule has 0 spiro atoms. The van der Waals surface area contributed by atoms with Crippen LogP contribution < -0.4 is 0 Å². The summed E-state index contributed by atoms with van der Waals surface area (Å²) < 4.78 is 30.4. The predicted octanol–water partition coefficient (Wildman–Crippen LogP) is 3.48. The largest absolute Gasteiger partial charge is 0.381 e. The van der Waals surface area contributed by atoms with Crippen LogP contribution in [-0.4, -0.2) is 19.1 Å². The predicted molar refractivity (Wildman–Crippen MR) is 50.1 cm³/mol. The van der Waals surface area contributed by atoms with Crippen LogP contribution in [0, 0.1) is 5.92 Å². The minimum absolute atomic E-state index is 0.160. The molecule has 0 aromatic rings. The quantitative estimate of drug-likeness (QED) is 0.564. The zero-order valence-electron chi connectivity index (χ0n) is 8.78. The lowest BCUT2D eigenvalue weighted by molar-refractivity contribution is -0.0652. The fourth-order valence-electron chi connectivity index (χ4n) is 0.861. The van der Waals surface area contributed by atoms with Crippen molar-refractivity contribution in [1.29, 1.82) is 0 Å². The maximum absolute atomic E-state index is 12.6. The summed E-state index contributed by atoms with van der Waals surface area (Å²) >= 11 is 0. The second-order valence-corrected chi connectivity index (χ2v) is 3.64. The standard InChI is InChI=1S/C10H20F2O/c1-4-5-6-7-13-8-9(2)10(3,11)12/h9H,4-8H2,1-3H3. The van der Waals surface area contributed by atoms with Gasteiger partial charge in [0.05, 0.1) is 6.61 Å². The minimum atomic E-state index is -2.62. The van der Waals surface area contributed by atoms with Gasteiger partial charge in [-0.3, -0.25) is 0 Å². The van der Waals surface area contributed by atoms with E-state index in [-0.39, 0.29) is 6.61 Å². The molecule has 0 aliphatic rings. The van der Waals surface area contributed by atoms with Crippen molar-refractivity contribution < 1.29 is 13.5 Å². The Balaban J connectivity index is 3.32. The molecule has 13 heavy (non-hydrogen) atoms. The summed E-state index contributed by atoms with van der Waals surface area (Å²) in [4.78, 5) is 0. The van der Waals surface area contributed by atoms with Crippen LogP contribution in [0.3, 0.4) is 0 Å². The van der Waals surface area contributed by atoms with Crippen LogP contribution in [0.15, 0.2) is 0 Å². The Morgan fingerprint density at radius 1 is 1.31 bits per heavy atom. The molecule has 3 heteroatoms. The molecule has 80 valence electrons. The Labute approximate surface area is 79.5 Å². The lowest BCUT2D eigenvalue weighted by atomic mass is 10.1. The van der Waals surface area contributed by atoms with E-state index >= 15 is 0 Å². The number of hydrogen-bond acceptors (Lipinski definition) is 1. The molecule has 0 amide bonds. The van der Waals surface area contributed by atoms with Crippen molar-refractivity contribution in [2.45, 2.75) is 46.0 Å². The van der Waals surface area contributed by atoms with Crippen LogP contribution >= 0.6 is 0 Å². The SMILES string of the molecule is CCCCCOCC(C)C(C)(F)F. The zero-order chi connectivity index (χ0) is 10.3. The van der Waals surface area contributed by atoms with Gasteiger partial charge in [-0.25, -0.2) is 8.78 Å². The maximum Gasteiger partial charge on any atom is 0.250 e. The van der Waals surface area contributed by atoms with E-state index in [2.05, 4.69) is 6.92 Å². The number of ether oxygens (including phenoxy) is 1. The number of unbranched alkanes of at least 4 members (excludes halogenated alkanes) is 2. The van der Waals surface area contributed by atoms with Crippen molar-refractivity contribution >= 4 is 0 Å². The summed E-state index contributed by atoms with van der Waals surface area (Å²) in [6.45, 7) is 5.32. The van der Waals surface area contributed by atoms with E-state index in [1.807, 2.05) is 0 Å². The molecule has 0 heterocycles. The maximum atomic E-state index is 12.6. The molecule has 1 atom stereocenters. The third-order valence-electron chi connectivity index (χ3n) is 2.13. The molecule has 0 fully saturated rings. The lowest BCUT2D eigenvalue weighted by Crippen LogP contribution is -2.26. The highest BCUT2D eigenvalue weighted by molar-refractivity contribution is 4.66. The summed E-state index contributed by atoms with van der Waals surface area (Å²) in [5.74, 6) is -3.31. The van der Waals surface area contributed by atoms with Crippen LogP contribution in [0.2, 0.25) is 0 Å². The van der Waals surface area contributed by atoms with E-state index in [9.17, 15) is 8.78 Å². The average Bonchev–Trinajstić information content (AvgIpc) is 2.02. The molecule has 0 rings (SSSR count). The second-order valence-electron chi connectivity index (χ2n) is 3.64. The molecule has 0 saturated carbocycles. The molecule has 0 aliphatic carbocycles. The third-order valence-corrected chi connectivity index (χ3v) is 2.13. The normalized spacial score (nSPS) is 14.5. The molecular weight excluding hydrogens is 174 g/mol. The van der Waals surface area contributed by atoms with Crippen LogP contribution in [0.1, 0.15) is 40.0 Å². The first-order chi connectivity index (χ1) is 5.98. The van der Waals surface area contributed by atoms with Gasteiger partial charge in [-0.1, -0.05) is 26.7 Å². The molecule has 0 aliphatic heterocycles. The van der Waals surface area contributed by atoms with E-state index in [1.165, 1.54) is 6.92 Å². The molecule has 0 aromatic carbocycles. The highest BCUT2D eigenvalue weighted by Gasteiger charge is 2.29. The van der Waals surface area contributed by atoms with Crippen LogP contribution in [-0.2, 0) is 4.74 Å². The number of alkyl halides is 2. The van der Waals surface area contributed by atoms with E-state index in [4.69, 9.17) is 4.74 Å². The van der Waals surface area contributed by atoms with Crippen molar-refractivity contribution in [3.63, 3.8) is 0 Å². The summed E-state index contributed by atoms with van der Waals surface area (Å²) in [5, 5.41) is 0. The number of halogens is 2. The van der Waals surface area contributed by atoms with Gasteiger partial charge in [0.15, 0.2) is 0 Å². The molecule has 0 N–H and O–H groups in total. The Kier molecular flexibility index (Phi) is 6.21. The van der Waals surface area contributed by atoms with Gasteiger partial charge in [-0.2, -0.15) is 0 Å².